The topological polar surface area (TPSA) is 89.1 Å². The monoisotopic (exact) mass is 191 g/mol. The summed E-state index contributed by atoms with van der Waals surface area (Å²) in [5.74, 6) is -1.23. The van der Waals surface area contributed by atoms with Gasteiger partial charge in [-0.05, 0) is 0 Å². The van der Waals surface area contributed by atoms with Gasteiger partial charge < -0.3 is 9.52 Å². The third-order valence-electron chi connectivity index (χ3n) is 1.50. The van der Waals surface area contributed by atoms with E-state index in [1.165, 1.54) is 18.6 Å². The second kappa shape index (κ2) is 3.25. The van der Waals surface area contributed by atoms with Gasteiger partial charge in [0.05, 0.1) is 12.4 Å². The molecule has 0 saturated carbocycles. The Hall–Kier alpha value is -2.24. The average molecular weight is 191 g/mol. The second-order valence-corrected chi connectivity index (χ2v) is 2.43. The van der Waals surface area contributed by atoms with Crippen LogP contribution in [0.2, 0.25) is 0 Å². The van der Waals surface area contributed by atoms with Crippen LogP contribution < -0.4 is 0 Å². The second-order valence-electron chi connectivity index (χ2n) is 2.43. The third kappa shape index (κ3) is 1.45. The zero-order chi connectivity index (χ0) is 9.97. The molecule has 0 fully saturated rings. The highest BCUT2D eigenvalue weighted by Crippen LogP contribution is 2.14. The summed E-state index contributed by atoms with van der Waals surface area (Å²) in [6.07, 6.45) is 5.55. The zero-order valence-corrected chi connectivity index (χ0v) is 6.91. The smallest absolute Gasteiger partial charge is 0.373 e. The first kappa shape index (κ1) is 8.36. The maximum Gasteiger partial charge on any atom is 0.373 e. The number of hydrogen-bond donors (Lipinski definition) is 1. The molecule has 0 amide bonds. The van der Waals surface area contributed by atoms with Gasteiger partial charge in [-0.15, -0.1) is 0 Å². The van der Waals surface area contributed by atoms with Crippen molar-refractivity contribution in [2.24, 2.45) is 0 Å². The van der Waals surface area contributed by atoms with Crippen LogP contribution in [0.3, 0.4) is 0 Å². The number of aromatic carboxylic acids is 1. The fourth-order valence-electron chi connectivity index (χ4n) is 0.901. The van der Waals surface area contributed by atoms with Gasteiger partial charge in [0.1, 0.15) is 5.69 Å². The summed E-state index contributed by atoms with van der Waals surface area (Å²) >= 11 is 0. The maximum absolute atomic E-state index is 10.5. The molecule has 6 nitrogen and oxygen atoms in total. The Morgan fingerprint density at radius 1 is 1.29 bits per heavy atom. The molecule has 70 valence electrons. The number of rotatable bonds is 2. The summed E-state index contributed by atoms with van der Waals surface area (Å²) in [4.78, 5) is 21.9. The lowest BCUT2D eigenvalue weighted by molar-refractivity contribution is 0.0663. The van der Waals surface area contributed by atoms with Gasteiger partial charge in [-0.25, -0.2) is 14.8 Å². The van der Waals surface area contributed by atoms with Gasteiger partial charge in [0, 0.05) is 12.4 Å². The maximum atomic E-state index is 10.5. The fraction of sp³-hybridized carbons (Fsp3) is 0. The zero-order valence-electron chi connectivity index (χ0n) is 6.91. The number of carbonyl (C=O) groups is 1. The number of aromatic nitrogens is 3. The van der Waals surface area contributed by atoms with Crippen LogP contribution in [0, 0.1) is 0 Å². The molecule has 14 heavy (non-hydrogen) atoms. The van der Waals surface area contributed by atoms with Crippen molar-refractivity contribution in [1.82, 2.24) is 15.0 Å². The summed E-state index contributed by atoms with van der Waals surface area (Å²) in [7, 11) is 0. The van der Waals surface area contributed by atoms with E-state index >= 15 is 0 Å². The van der Waals surface area contributed by atoms with E-state index in [2.05, 4.69) is 15.0 Å². The van der Waals surface area contributed by atoms with Crippen molar-refractivity contribution in [3.63, 3.8) is 0 Å². The van der Waals surface area contributed by atoms with E-state index in [-0.39, 0.29) is 11.7 Å². The molecule has 2 heterocycles. The van der Waals surface area contributed by atoms with E-state index < -0.39 is 5.97 Å². The average Bonchev–Trinajstić information content (AvgIpc) is 2.68. The molecule has 0 radical (unpaired) electrons. The van der Waals surface area contributed by atoms with Gasteiger partial charge >= 0.3 is 5.97 Å². The van der Waals surface area contributed by atoms with Gasteiger partial charge in [-0.1, -0.05) is 0 Å². The van der Waals surface area contributed by atoms with Crippen LogP contribution in [0.1, 0.15) is 10.6 Å². The highest BCUT2D eigenvalue weighted by molar-refractivity contribution is 5.84. The van der Waals surface area contributed by atoms with Crippen molar-refractivity contribution in [2.75, 3.05) is 0 Å². The van der Waals surface area contributed by atoms with Crippen molar-refractivity contribution < 1.29 is 14.3 Å². The molecule has 2 rings (SSSR count). The molecule has 1 N–H and O–H groups in total. The Balaban J connectivity index is 2.39. The molecule has 0 aromatic carbocycles. The van der Waals surface area contributed by atoms with Crippen LogP contribution in [0.5, 0.6) is 0 Å². The van der Waals surface area contributed by atoms with Crippen LogP contribution in [-0.2, 0) is 0 Å². The predicted octanol–water partition coefficient (Wildman–Crippen LogP) is 0.830. The van der Waals surface area contributed by atoms with Crippen LogP contribution in [0.25, 0.3) is 11.6 Å². The molecule has 0 atom stereocenters. The summed E-state index contributed by atoms with van der Waals surface area (Å²) in [6.45, 7) is 0. The number of hydrogen-bond acceptors (Lipinski definition) is 5. The molecule has 0 aliphatic heterocycles. The van der Waals surface area contributed by atoms with E-state index in [0.29, 0.717) is 5.69 Å². The van der Waals surface area contributed by atoms with E-state index in [4.69, 9.17) is 9.52 Å². The Morgan fingerprint density at radius 2 is 2.14 bits per heavy atom. The van der Waals surface area contributed by atoms with Gasteiger partial charge in [-0.2, -0.15) is 0 Å². The quantitative estimate of drug-likeness (QED) is 0.756. The highest BCUT2D eigenvalue weighted by atomic mass is 16.4. The largest absolute Gasteiger partial charge is 0.475 e. The molecule has 2 aromatic heterocycles. The van der Waals surface area contributed by atoms with Crippen molar-refractivity contribution in [3.8, 4) is 11.6 Å². The Labute approximate surface area is 78.3 Å². The standard InChI is InChI=1S/C8H5N3O3/c12-8(13)6-4-11-7(14-6)5-3-9-1-2-10-5/h1-4H,(H,12,13). The Bertz CT molecular complexity index is 452. The van der Waals surface area contributed by atoms with Crippen molar-refractivity contribution in [1.29, 1.82) is 0 Å². The number of carboxylic acids is 1. The first-order valence-electron chi connectivity index (χ1n) is 3.73. The molecule has 0 saturated heterocycles. The van der Waals surface area contributed by atoms with E-state index in [9.17, 15) is 4.79 Å². The van der Waals surface area contributed by atoms with Crippen molar-refractivity contribution in [2.45, 2.75) is 0 Å². The molecule has 2 aromatic rings. The summed E-state index contributed by atoms with van der Waals surface area (Å²) < 4.78 is 4.92. The van der Waals surface area contributed by atoms with Gasteiger partial charge in [0.25, 0.3) is 0 Å². The van der Waals surface area contributed by atoms with Crippen LogP contribution in [0.15, 0.2) is 29.2 Å². The molecule has 0 bridgehead atoms. The Morgan fingerprint density at radius 3 is 2.71 bits per heavy atom. The van der Waals surface area contributed by atoms with Gasteiger partial charge in [-0.3, -0.25) is 4.98 Å². The number of oxazole rings is 1. The highest BCUT2D eigenvalue weighted by Gasteiger charge is 2.12. The lowest BCUT2D eigenvalue weighted by Gasteiger charge is -1.90. The lowest BCUT2D eigenvalue weighted by atomic mass is 10.4. The van der Waals surface area contributed by atoms with Gasteiger partial charge in [0.15, 0.2) is 0 Å². The fourth-order valence-corrected chi connectivity index (χ4v) is 0.901. The van der Waals surface area contributed by atoms with E-state index in [0.717, 1.165) is 6.20 Å². The van der Waals surface area contributed by atoms with E-state index in [1.54, 1.807) is 0 Å². The molecule has 0 unspecified atom stereocenters. The lowest BCUT2D eigenvalue weighted by Crippen LogP contribution is -1.91. The summed E-state index contributed by atoms with van der Waals surface area (Å²) in [5.41, 5.74) is 0.403. The minimum Gasteiger partial charge on any atom is -0.475 e. The minimum absolute atomic E-state index is 0.149. The van der Waals surface area contributed by atoms with Crippen LogP contribution >= 0.6 is 0 Å². The Kier molecular flexibility index (Phi) is 1.94. The minimum atomic E-state index is -1.16. The molecular weight excluding hydrogens is 186 g/mol. The molecule has 0 aliphatic carbocycles. The first-order chi connectivity index (χ1) is 6.77. The van der Waals surface area contributed by atoms with Crippen LogP contribution in [-0.4, -0.2) is 26.0 Å². The number of carboxylic acid groups (broad SMARTS) is 1. The molecule has 0 spiro atoms. The first-order valence-corrected chi connectivity index (χ1v) is 3.73. The number of nitrogens with zero attached hydrogens (tertiary/aromatic N) is 3. The van der Waals surface area contributed by atoms with Gasteiger partial charge in [0.2, 0.25) is 11.7 Å². The SMILES string of the molecule is O=C(O)c1cnc(-c2cnccn2)o1. The molecule has 0 aliphatic rings. The summed E-state index contributed by atoms with van der Waals surface area (Å²) in [6, 6.07) is 0. The molecule has 6 heteroatoms. The van der Waals surface area contributed by atoms with E-state index in [1.807, 2.05) is 0 Å². The van der Waals surface area contributed by atoms with Crippen LogP contribution in [0.4, 0.5) is 0 Å². The normalized spacial score (nSPS) is 10.0. The summed E-state index contributed by atoms with van der Waals surface area (Å²) in [5, 5.41) is 8.58. The third-order valence-corrected chi connectivity index (χ3v) is 1.50. The predicted molar refractivity (Wildman–Crippen MR) is 44.5 cm³/mol. The van der Waals surface area contributed by atoms with Crippen molar-refractivity contribution in [3.05, 3.63) is 30.5 Å². The van der Waals surface area contributed by atoms with Crippen molar-refractivity contribution >= 4 is 5.97 Å². The molecular formula is C8H5N3O3.